The van der Waals surface area contributed by atoms with Crippen LogP contribution in [0.1, 0.15) is 54.6 Å². The molecule has 228 valence electrons. The molecule has 0 spiro atoms. The zero-order chi connectivity index (χ0) is 31.0. The molecule has 4 N–H and O–H groups in total. The second-order valence-corrected chi connectivity index (χ2v) is 13.5. The maximum absolute atomic E-state index is 14.1. The number of hydrogen-bond acceptors (Lipinski definition) is 10. The Labute approximate surface area is 246 Å². The third-order valence-corrected chi connectivity index (χ3v) is 9.60. The van der Waals surface area contributed by atoms with Gasteiger partial charge in [0.2, 0.25) is 5.91 Å². The van der Waals surface area contributed by atoms with Crippen LogP contribution < -0.4 is 10.6 Å². The number of Topliss-reactive ketones (excluding diaryl/α,β-unsaturated/α-hetero) is 4. The average Bonchev–Trinajstić information content (AvgIpc) is 3.70. The molecule has 6 atom stereocenters. The summed E-state index contributed by atoms with van der Waals surface area (Å²) in [6.07, 6.45) is 2.52. The van der Waals surface area contributed by atoms with E-state index >= 15 is 0 Å². The predicted molar refractivity (Wildman–Crippen MR) is 154 cm³/mol. The molecular formula is C31H42N4O7. The summed E-state index contributed by atoms with van der Waals surface area (Å²) in [5, 5.41) is 23.0. The number of likely N-dealkylation sites (N-methyl/N-ethyl adjacent to an activating group) is 1. The molecule has 0 saturated heterocycles. The number of fused-ring (bicyclic) bond motifs is 3. The highest BCUT2D eigenvalue weighted by Crippen LogP contribution is 2.52. The first-order chi connectivity index (χ1) is 19.6. The molecule has 3 fully saturated rings. The SMILES string of the molecule is CC(C)CN(Cc1cc(O)c2c(c1N(C)C)C[C@H]1C[C@H]3[C@H](N(C)C)C(=O)C(C(N)=O)C(=O)[C@@]3(O)C(=O)C1C2=O)C1CC1. The number of carbonyl (C=O) groups is 5. The van der Waals surface area contributed by atoms with E-state index in [1.165, 1.54) is 4.90 Å². The van der Waals surface area contributed by atoms with Crippen molar-refractivity contribution in [3.63, 3.8) is 0 Å². The summed E-state index contributed by atoms with van der Waals surface area (Å²) in [6.45, 7) is 5.83. The number of nitrogens with zero attached hydrogens (tertiary/aromatic N) is 3. The van der Waals surface area contributed by atoms with Crippen molar-refractivity contribution in [2.24, 2.45) is 35.3 Å². The maximum Gasteiger partial charge on any atom is 0.235 e. The molecule has 0 bridgehead atoms. The van der Waals surface area contributed by atoms with Gasteiger partial charge in [0.25, 0.3) is 0 Å². The highest BCUT2D eigenvalue weighted by molar-refractivity contribution is 6.32. The Bertz CT molecular complexity index is 1370. The zero-order valence-corrected chi connectivity index (χ0v) is 25.2. The number of aliphatic hydroxyl groups is 1. The van der Waals surface area contributed by atoms with E-state index in [1.54, 1.807) is 20.2 Å². The Morgan fingerprint density at radius 1 is 1.10 bits per heavy atom. The lowest BCUT2D eigenvalue weighted by molar-refractivity contribution is -0.181. The summed E-state index contributed by atoms with van der Waals surface area (Å²) in [5.74, 6) is -9.86. The molecule has 11 nitrogen and oxygen atoms in total. The van der Waals surface area contributed by atoms with E-state index in [1.807, 2.05) is 19.0 Å². The van der Waals surface area contributed by atoms with Crippen molar-refractivity contribution in [1.82, 2.24) is 9.80 Å². The van der Waals surface area contributed by atoms with Crippen molar-refractivity contribution in [3.05, 3.63) is 22.8 Å². The Kier molecular flexibility index (Phi) is 7.60. The molecule has 1 aromatic rings. The Balaban J connectivity index is 1.61. The van der Waals surface area contributed by atoms with Crippen LogP contribution in [0.4, 0.5) is 5.69 Å². The molecule has 1 amide bonds. The first kappa shape index (κ1) is 30.3. The zero-order valence-electron chi connectivity index (χ0n) is 25.2. The van der Waals surface area contributed by atoms with Gasteiger partial charge in [0, 0.05) is 44.8 Å². The molecule has 0 aliphatic heterocycles. The van der Waals surface area contributed by atoms with Gasteiger partial charge < -0.3 is 20.8 Å². The fourth-order valence-corrected chi connectivity index (χ4v) is 7.88. The molecular weight excluding hydrogens is 540 g/mol. The monoisotopic (exact) mass is 582 g/mol. The summed E-state index contributed by atoms with van der Waals surface area (Å²) >= 11 is 0. The van der Waals surface area contributed by atoms with Crippen LogP contribution >= 0.6 is 0 Å². The second-order valence-electron chi connectivity index (χ2n) is 13.5. The van der Waals surface area contributed by atoms with Crippen LogP contribution in [0.25, 0.3) is 0 Å². The van der Waals surface area contributed by atoms with Crippen molar-refractivity contribution in [2.75, 3.05) is 39.6 Å². The summed E-state index contributed by atoms with van der Waals surface area (Å²) in [6, 6.07) is 0.958. The van der Waals surface area contributed by atoms with Crippen molar-refractivity contribution >= 4 is 34.7 Å². The van der Waals surface area contributed by atoms with Crippen LogP contribution in [0, 0.1) is 29.6 Å². The largest absolute Gasteiger partial charge is 0.507 e. The molecule has 4 aliphatic rings. The lowest BCUT2D eigenvalue weighted by atomic mass is 9.52. The van der Waals surface area contributed by atoms with Gasteiger partial charge in [0.15, 0.2) is 34.7 Å². The van der Waals surface area contributed by atoms with Gasteiger partial charge in [-0.15, -0.1) is 0 Å². The Morgan fingerprint density at radius 3 is 2.26 bits per heavy atom. The molecule has 0 radical (unpaired) electrons. The van der Waals surface area contributed by atoms with Gasteiger partial charge in [-0.3, -0.25) is 33.8 Å². The first-order valence-corrected chi connectivity index (χ1v) is 14.7. The minimum Gasteiger partial charge on any atom is -0.507 e. The fraction of sp³-hybridized carbons (Fsp3) is 0.645. The molecule has 2 unspecified atom stereocenters. The number of anilines is 1. The van der Waals surface area contributed by atoms with E-state index < -0.39 is 64.4 Å². The first-order valence-electron chi connectivity index (χ1n) is 14.7. The number of amides is 1. The number of hydrogen-bond donors (Lipinski definition) is 3. The van der Waals surface area contributed by atoms with E-state index in [9.17, 15) is 34.2 Å². The van der Waals surface area contributed by atoms with Crippen LogP contribution in [0.2, 0.25) is 0 Å². The molecule has 5 rings (SSSR count). The highest BCUT2D eigenvalue weighted by atomic mass is 16.3. The van der Waals surface area contributed by atoms with Gasteiger partial charge in [0.05, 0.1) is 17.5 Å². The minimum absolute atomic E-state index is 0.0240. The molecule has 0 aromatic heterocycles. The van der Waals surface area contributed by atoms with Crippen molar-refractivity contribution < 1.29 is 34.2 Å². The van der Waals surface area contributed by atoms with E-state index in [4.69, 9.17) is 5.73 Å². The average molecular weight is 583 g/mol. The van der Waals surface area contributed by atoms with E-state index in [2.05, 4.69) is 18.7 Å². The number of carbonyl (C=O) groups excluding carboxylic acids is 5. The smallest absolute Gasteiger partial charge is 0.235 e. The number of nitrogens with two attached hydrogens (primary N) is 1. The van der Waals surface area contributed by atoms with E-state index in [-0.39, 0.29) is 24.2 Å². The molecule has 11 heteroatoms. The van der Waals surface area contributed by atoms with Crippen LogP contribution in [0.15, 0.2) is 6.07 Å². The van der Waals surface area contributed by atoms with Crippen molar-refractivity contribution in [3.8, 4) is 5.75 Å². The maximum atomic E-state index is 14.1. The lowest BCUT2D eigenvalue weighted by Crippen LogP contribution is -2.74. The lowest BCUT2D eigenvalue weighted by Gasteiger charge is -2.52. The number of primary amides is 1. The van der Waals surface area contributed by atoms with Crippen LogP contribution in [0.3, 0.4) is 0 Å². The van der Waals surface area contributed by atoms with Gasteiger partial charge in [-0.2, -0.15) is 0 Å². The van der Waals surface area contributed by atoms with Gasteiger partial charge >= 0.3 is 0 Å². The molecule has 4 aliphatic carbocycles. The molecule has 42 heavy (non-hydrogen) atoms. The normalized spacial score (nSPS) is 31.0. The summed E-state index contributed by atoms with van der Waals surface area (Å²) < 4.78 is 0. The quantitative estimate of drug-likeness (QED) is 0.369. The number of phenolic OH excluding ortho intramolecular Hbond substituents is 1. The van der Waals surface area contributed by atoms with Crippen LogP contribution in [-0.4, -0.2) is 101 Å². The van der Waals surface area contributed by atoms with Gasteiger partial charge in [-0.25, -0.2) is 0 Å². The van der Waals surface area contributed by atoms with Gasteiger partial charge in [-0.1, -0.05) is 13.8 Å². The summed E-state index contributed by atoms with van der Waals surface area (Å²) in [7, 11) is 6.91. The number of benzene rings is 1. The molecule has 3 saturated carbocycles. The summed E-state index contributed by atoms with van der Waals surface area (Å²) in [5.41, 5.74) is 5.01. The third kappa shape index (κ3) is 4.57. The minimum atomic E-state index is -2.72. The molecule has 1 aromatic carbocycles. The molecule has 0 heterocycles. The fourth-order valence-electron chi connectivity index (χ4n) is 7.88. The van der Waals surface area contributed by atoms with E-state index in [0.29, 0.717) is 24.1 Å². The van der Waals surface area contributed by atoms with Gasteiger partial charge in [-0.05, 0) is 68.8 Å². The second kappa shape index (κ2) is 10.5. The topological polar surface area (TPSA) is 162 Å². The number of aromatic hydroxyl groups is 1. The standard InChI is InChI=1S/C31H42N4O7/c1-14(2)12-35(17-7-8-17)13-16-11-20(36)22-18(24(16)33(3)4)9-15-10-19-25(34(5)6)27(38)23(30(32)41)29(40)31(19,42)28(39)21(15)26(22)37/h11,14-15,17,19,21,23,25,36,42H,7-10,12-13H2,1-6H3,(H2,32,41)/t15-,19-,21?,23?,25-,31-/m0/s1. The number of rotatable bonds is 8. The summed E-state index contributed by atoms with van der Waals surface area (Å²) in [4.78, 5) is 72.9. The predicted octanol–water partition coefficient (Wildman–Crippen LogP) is 0.553. The van der Waals surface area contributed by atoms with E-state index in [0.717, 1.165) is 30.6 Å². The van der Waals surface area contributed by atoms with Gasteiger partial charge in [0.1, 0.15) is 5.75 Å². The third-order valence-electron chi connectivity index (χ3n) is 9.60. The Hall–Kier alpha value is -3.15. The number of phenols is 1. The number of ketones is 4. The highest BCUT2D eigenvalue weighted by Gasteiger charge is 2.69. The van der Waals surface area contributed by atoms with Crippen LogP contribution in [-0.2, 0) is 32.1 Å². The Morgan fingerprint density at radius 2 is 1.74 bits per heavy atom. The van der Waals surface area contributed by atoms with Crippen molar-refractivity contribution in [1.29, 1.82) is 0 Å². The van der Waals surface area contributed by atoms with Crippen molar-refractivity contribution in [2.45, 2.75) is 63.8 Å². The van der Waals surface area contributed by atoms with Crippen LogP contribution in [0.5, 0.6) is 5.75 Å².